The van der Waals surface area contributed by atoms with Crippen molar-refractivity contribution in [3.05, 3.63) is 60.2 Å². The van der Waals surface area contributed by atoms with E-state index in [1.165, 1.54) is 0 Å². The first-order chi connectivity index (χ1) is 10.7. The molecule has 0 aliphatic carbocycles. The van der Waals surface area contributed by atoms with Crippen LogP contribution in [0.2, 0.25) is 0 Å². The van der Waals surface area contributed by atoms with Crippen LogP contribution in [0.15, 0.2) is 49.1 Å². The third kappa shape index (κ3) is 9.15. The van der Waals surface area contributed by atoms with E-state index < -0.39 is 5.60 Å². The van der Waals surface area contributed by atoms with Crippen LogP contribution in [-0.2, 0) is 4.79 Å². The van der Waals surface area contributed by atoms with Gasteiger partial charge in [-0.2, -0.15) is 0 Å². The predicted octanol–water partition coefficient (Wildman–Crippen LogP) is 0.102. The van der Waals surface area contributed by atoms with Crippen molar-refractivity contribution in [2.75, 3.05) is 0 Å². The molecule has 5 heteroatoms. The summed E-state index contributed by atoms with van der Waals surface area (Å²) in [7, 11) is 0. The Morgan fingerprint density at radius 2 is 1.29 bits per heavy atom. The molecule has 0 radical (unpaired) electrons. The van der Waals surface area contributed by atoms with E-state index in [-0.39, 0.29) is 69.0 Å². The molecule has 2 unspecified atom stereocenters. The average Bonchev–Trinajstić information content (AvgIpc) is 2.53. The zero-order valence-corrected chi connectivity index (χ0v) is 18.6. The smallest absolute Gasteiger partial charge is 0.850 e. The fraction of sp³-hybridized carbons (Fsp3) is 0.421. The van der Waals surface area contributed by atoms with Crippen molar-refractivity contribution in [1.82, 2.24) is 9.97 Å². The van der Waals surface area contributed by atoms with Gasteiger partial charge in [0, 0.05) is 36.6 Å². The van der Waals surface area contributed by atoms with Crippen molar-refractivity contribution in [3.63, 3.8) is 0 Å². The van der Waals surface area contributed by atoms with Gasteiger partial charge in [-0.3, -0.25) is 14.8 Å². The molecule has 0 aliphatic heterocycles. The summed E-state index contributed by atoms with van der Waals surface area (Å²) in [4.78, 5) is 20.5. The van der Waals surface area contributed by atoms with Crippen molar-refractivity contribution in [2.45, 2.75) is 52.1 Å². The van der Waals surface area contributed by atoms with Gasteiger partial charge in [0.15, 0.2) is 0 Å². The van der Waals surface area contributed by atoms with Gasteiger partial charge in [0.05, 0.1) is 0 Å². The third-order valence-corrected chi connectivity index (χ3v) is 3.22. The SMILES string of the molecule is CC(C(=O)C(C)c1cccnc1)c1cccnc1.CC(C)(C)[O-].[K+]. The number of ketones is 1. The summed E-state index contributed by atoms with van der Waals surface area (Å²) in [6.45, 7) is 8.74. The Balaban J connectivity index is 0.000000777. The standard InChI is InChI=1S/C15H16N2O.C4H9O.K/c1-11(13-5-3-7-16-9-13)15(18)12(2)14-6-4-8-17-10-14;1-4(2,3)5;/h3-12H,1-2H3;1-3H3;/q;-1;+1. The van der Waals surface area contributed by atoms with Gasteiger partial charge in [-0.25, -0.2) is 0 Å². The molecule has 2 rings (SSSR count). The fourth-order valence-electron chi connectivity index (χ4n) is 1.97. The Labute approximate surface area is 187 Å². The summed E-state index contributed by atoms with van der Waals surface area (Å²) < 4.78 is 0. The molecule has 124 valence electrons. The summed E-state index contributed by atoms with van der Waals surface area (Å²) in [6, 6.07) is 7.58. The summed E-state index contributed by atoms with van der Waals surface area (Å²) in [6.07, 6.45) is 6.92. The Bertz CT molecular complexity index is 544. The molecule has 0 N–H and O–H groups in total. The second-order valence-electron chi connectivity index (χ2n) is 6.53. The first-order valence-corrected chi connectivity index (χ1v) is 7.74. The van der Waals surface area contributed by atoms with E-state index in [0.717, 1.165) is 11.1 Å². The molecule has 0 amide bonds. The van der Waals surface area contributed by atoms with Crippen LogP contribution in [0.1, 0.15) is 57.6 Å². The summed E-state index contributed by atoms with van der Waals surface area (Å²) in [5, 5.41) is 10.1. The molecular weight excluding hydrogens is 327 g/mol. The van der Waals surface area contributed by atoms with Crippen molar-refractivity contribution in [1.29, 1.82) is 0 Å². The number of rotatable bonds is 4. The maximum Gasteiger partial charge on any atom is 1.00 e. The maximum atomic E-state index is 12.4. The van der Waals surface area contributed by atoms with Gasteiger partial charge in [0.1, 0.15) is 5.78 Å². The second-order valence-corrected chi connectivity index (χ2v) is 6.53. The van der Waals surface area contributed by atoms with Crippen molar-refractivity contribution < 1.29 is 61.3 Å². The molecule has 0 saturated heterocycles. The molecule has 0 bridgehead atoms. The van der Waals surface area contributed by atoms with Crippen LogP contribution >= 0.6 is 0 Å². The molecule has 24 heavy (non-hydrogen) atoms. The monoisotopic (exact) mass is 352 g/mol. The molecule has 2 atom stereocenters. The van der Waals surface area contributed by atoms with Crippen molar-refractivity contribution >= 4 is 5.78 Å². The zero-order chi connectivity index (χ0) is 17.5. The number of Topliss-reactive ketones (excluding diaryl/α,β-unsaturated/α-hetero) is 1. The van der Waals surface area contributed by atoms with Gasteiger partial charge < -0.3 is 5.11 Å². The largest absolute Gasteiger partial charge is 1.00 e. The summed E-state index contributed by atoms with van der Waals surface area (Å²) >= 11 is 0. The quantitative estimate of drug-likeness (QED) is 0.732. The van der Waals surface area contributed by atoms with Crippen LogP contribution in [-0.4, -0.2) is 21.4 Å². The molecule has 4 nitrogen and oxygen atoms in total. The van der Waals surface area contributed by atoms with E-state index in [9.17, 15) is 9.90 Å². The molecule has 0 aromatic carbocycles. The number of hydrogen-bond acceptors (Lipinski definition) is 4. The van der Waals surface area contributed by atoms with Gasteiger partial charge in [-0.15, -0.1) is 5.60 Å². The predicted molar refractivity (Wildman–Crippen MR) is 90.1 cm³/mol. The Hall–Kier alpha value is -0.434. The third-order valence-electron chi connectivity index (χ3n) is 3.22. The van der Waals surface area contributed by atoms with Crippen LogP contribution < -0.4 is 56.5 Å². The molecule has 0 aliphatic rings. The Kier molecular flexibility index (Phi) is 11.0. The first kappa shape index (κ1) is 23.6. The minimum Gasteiger partial charge on any atom is -0.850 e. The van der Waals surface area contributed by atoms with E-state index in [1.54, 1.807) is 45.6 Å². The van der Waals surface area contributed by atoms with E-state index >= 15 is 0 Å². The number of carbonyl (C=O) groups is 1. The average molecular weight is 353 g/mol. The summed E-state index contributed by atoms with van der Waals surface area (Å²) in [5.41, 5.74) is 1.16. The van der Waals surface area contributed by atoms with Crippen LogP contribution in [0.25, 0.3) is 0 Å². The van der Waals surface area contributed by atoms with Crippen molar-refractivity contribution in [2.24, 2.45) is 0 Å². The number of nitrogens with zero attached hydrogens (tertiary/aromatic N) is 2. The van der Waals surface area contributed by atoms with E-state index in [0.29, 0.717) is 0 Å². The van der Waals surface area contributed by atoms with Gasteiger partial charge in [-0.05, 0) is 23.3 Å². The molecule has 2 aromatic heterocycles. The van der Waals surface area contributed by atoms with Crippen LogP contribution in [0, 0.1) is 0 Å². The first-order valence-electron chi connectivity index (χ1n) is 7.74. The zero-order valence-electron chi connectivity index (χ0n) is 15.5. The number of pyridine rings is 2. The Morgan fingerprint density at radius 1 is 0.958 bits per heavy atom. The molecular formula is C19H25KN2O2. The van der Waals surface area contributed by atoms with Gasteiger partial charge in [0.2, 0.25) is 0 Å². The van der Waals surface area contributed by atoms with Crippen LogP contribution in [0.5, 0.6) is 0 Å². The van der Waals surface area contributed by atoms with E-state index in [4.69, 9.17) is 0 Å². The van der Waals surface area contributed by atoms with Gasteiger partial charge >= 0.3 is 51.4 Å². The van der Waals surface area contributed by atoms with E-state index in [2.05, 4.69) is 9.97 Å². The molecule has 2 aromatic rings. The molecule has 0 saturated carbocycles. The number of aromatic nitrogens is 2. The molecule has 2 heterocycles. The minimum absolute atomic E-state index is 0. The fourth-order valence-corrected chi connectivity index (χ4v) is 1.97. The summed E-state index contributed by atoms with van der Waals surface area (Å²) in [5.74, 6) is -0.0983. The normalized spacial score (nSPS) is 12.9. The Morgan fingerprint density at radius 3 is 1.54 bits per heavy atom. The number of carbonyl (C=O) groups excluding carboxylic acids is 1. The van der Waals surface area contributed by atoms with Crippen LogP contribution in [0.3, 0.4) is 0 Å². The van der Waals surface area contributed by atoms with Crippen LogP contribution in [0.4, 0.5) is 0 Å². The maximum absolute atomic E-state index is 12.4. The minimum atomic E-state index is -0.750. The molecule has 0 fully saturated rings. The number of hydrogen-bond donors (Lipinski definition) is 0. The van der Waals surface area contributed by atoms with E-state index in [1.807, 2.05) is 38.1 Å². The molecule has 0 spiro atoms. The van der Waals surface area contributed by atoms with Crippen molar-refractivity contribution in [3.8, 4) is 0 Å². The van der Waals surface area contributed by atoms with Gasteiger partial charge in [0.25, 0.3) is 0 Å². The second kappa shape index (κ2) is 11.2. The van der Waals surface area contributed by atoms with Gasteiger partial charge in [-0.1, -0.05) is 46.8 Å². The topological polar surface area (TPSA) is 65.9 Å².